The quantitative estimate of drug-likeness (QED) is 0.381. The number of nitrogens with two attached hydrogens (primary N) is 1. The van der Waals surface area contributed by atoms with E-state index in [9.17, 15) is 4.79 Å². The van der Waals surface area contributed by atoms with Crippen molar-refractivity contribution in [3.05, 3.63) is 24.3 Å². The van der Waals surface area contributed by atoms with E-state index < -0.39 is 0 Å². The number of amides is 1. The lowest BCUT2D eigenvalue weighted by Gasteiger charge is -2.03. The van der Waals surface area contributed by atoms with Gasteiger partial charge in [0.25, 0.3) is 5.91 Å². The third kappa shape index (κ3) is 2.81. The summed E-state index contributed by atoms with van der Waals surface area (Å²) in [4.78, 5) is 10.8. The summed E-state index contributed by atoms with van der Waals surface area (Å²) in [6.45, 7) is 0. The molecule has 1 rings (SSSR count). The zero-order valence-electron chi connectivity index (χ0n) is 6.78. The standard InChI is InChI=1S/C8H9N3OS/c9-11-7-3-1-6(2-4-7)10-8(12)5-13/h1-5,11H,9H2,(H,10,12). The normalized spacial score (nSPS) is 9.00. The van der Waals surface area contributed by atoms with Crippen LogP contribution in [0.15, 0.2) is 24.3 Å². The summed E-state index contributed by atoms with van der Waals surface area (Å²) < 4.78 is 0. The van der Waals surface area contributed by atoms with Crippen LogP contribution in [0.1, 0.15) is 0 Å². The minimum atomic E-state index is -0.302. The van der Waals surface area contributed by atoms with E-state index in [1.54, 1.807) is 24.3 Å². The van der Waals surface area contributed by atoms with Crippen molar-refractivity contribution in [1.82, 2.24) is 0 Å². The van der Waals surface area contributed by atoms with E-state index in [2.05, 4.69) is 23.0 Å². The fourth-order valence-electron chi connectivity index (χ4n) is 0.822. The van der Waals surface area contributed by atoms with Gasteiger partial charge in [-0.3, -0.25) is 10.6 Å². The molecule has 0 saturated carbocycles. The number of thiocarbonyl (C=S) groups is 1. The van der Waals surface area contributed by atoms with Crippen LogP contribution in [-0.4, -0.2) is 11.3 Å². The lowest BCUT2D eigenvalue weighted by Crippen LogP contribution is -2.11. The van der Waals surface area contributed by atoms with Crippen molar-refractivity contribution in [3.63, 3.8) is 0 Å². The van der Waals surface area contributed by atoms with Gasteiger partial charge in [-0.1, -0.05) is 12.2 Å². The molecule has 0 heterocycles. The van der Waals surface area contributed by atoms with E-state index in [0.717, 1.165) is 11.1 Å². The van der Waals surface area contributed by atoms with Crippen LogP contribution in [0, 0.1) is 0 Å². The largest absolute Gasteiger partial charge is 0.324 e. The highest BCUT2D eigenvalue weighted by atomic mass is 32.1. The molecule has 0 spiro atoms. The third-order valence-electron chi connectivity index (χ3n) is 1.43. The summed E-state index contributed by atoms with van der Waals surface area (Å²) >= 11 is 4.45. The van der Waals surface area contributed by atoms with Gasteiger partial charge in [0.15, 0.2) is 0 Å². The fraction of sp³-hybridized carbons (Fsp3) is 0. The molecule has 0 bridgehead atoms. The van der Waals surface area contributed by atoms with E-state index in [1.165, 1.54) is 0 Å². The molecule has 13 heavy (non-hydrogen) atoms. The highest BCUT2D eigenvalue weighted by Gasteiger charge is 1.96. The molecule has 68 valence electrons. The highest BCUT2D eigenvalue weighted by Crippen LogP contribution is 2.11. The number of carbonyl (C=O) groups excluding carboxylic acids is 1. The molecule has 0 aliphatic heterocycles. The van der Waals surface area contributed by atoms with E-state index in [0.29, 0.717) is 5.69 Å². The van der Waals surface area contributed by atoms with Crippen molar-refractivity contribution in [2.45, 2.75) is 0 Å². The molecule has 0 radical (unpaired) electrons. The van der Waals surface area contributed by atoms with Crippen LogP contribution in [0.4, 0.5) is 11.4 Å². The average molecular weight is 195 g/mol. The average Bonchev–Trinajstić information content (AvgIpc) is 2.19. The number of nitrogens with one attached hydrogen (secondary N) is 2. The Morgan fingerprint density at radius 3 is 2.31 bits per heavy atom. The molecular formula is C8H9N3OS. The number of nitrogen functional groups attached to an aromatic ring is 1. The maximum Gasteiger partial charge on any atom is 0.259 e. The first kappa shape index (κ1) is 9.63. The van der Waals surface area contributed by atoms with Gasteiger partial charge in [-0.2, -0.15) is 0 Å². The molecule has 0 atom stereocenters. The Morgan fingerprint density at radius 2 is 1.85 bits per heavy atom. The molecule has 0 saturated heterocycles. The maximum absolute atomic E-state index is 10.8. The SMILES string of the molecule is NNc1ccc(NC(=O)C=S)cc1. The topological polar surface area (TPSA) is 67.2 Å². The van der Waals surface area contributed by atoms with Crippen molar-refractivity contribution < 1.29 is 4.79 Å². The van der Waals surface area contributed by atoms with E-state index in [4.69, 9.17) is 5.84 Å². The van der Waals surface area contributed by atoms with Gasteiger partial charge in [-0.05, 0) is 24.3 Å². The van der Waals surface area contributed by atoms with Crippen LogP contribution in [0.3, 0.4) is 0 Å². The Kier molecular flexibility index (Phi) is 3.36. The second-order valence-electron chi connectivity index (χ2n) is 2.33. The second kappa shape index (κ2) is 4.54. The first-order valence-corrected chi connectivity index (χ1v) is 4.06. The monoisotopic (exact) mass is 195 g/mol. The summed E-state index contributed by atoms with van der Waals surface area (Å²) in [5, 5.41) is 3.63. The Balaban J connectivity index is 2.69. The zero-order valence-corrected chi connectivity index (χ0v) is 7.60. The van der Waals surface area contributed by atoms with Crippen LogP contribution >= 0.6 is 12.2 Å². The Labute approximate surface area is 81.1 Å². The van der Waals surface area contributed by atoms with Gasteiger partial charge in [-0.25, -0.2) is 0 Å². The Bertz CT molecular complexity index is 310. The summed E-state index contributed by atoms with van der Waals surface area (Å²) in [6, 6.07) is 6.95. The summed E-state index contributed by atoms with van der Waals surface area (Å²) in [5.74, 6) is 4.86. The molecule has 1 amide bonds. The zero-order chi connectivity index (χ0) is 9.68. The lowest BCUT2D eigenvalue weighted by molar-refractivity contribution is -0.109. The number of anilines is 2. The van der Waals surface area contributed by atoms with E-state index in [-0.39, 0.29) is 5.91 Å². The number of rotatable bonds is 3. The number of hydrogen-bond donors (Lipinski definition) is 3. The number of hydrogen-bond acceptors (Lipinski definition) is 4. The molecule has 1 aromatic rings. The molecule has 1 aromatic carbocycles. The van der Waals surface area contributed by atoms with Crippen molar-refractivity contribution in [2.75, 3.05) is 10.7 Å². The van der Waals surface area contributed by atoms with Crippen LogP contribution in [0.25, 0.3) is 0 Å². The van der Waals surface area contributed by atoms with Gasteiger partial charge in [0, 0.05) is 11.4 Å². The molecule has 5 heteroatoms. The van der Waals surface area contributed by atoms with Crippen molar-refractivity contribution in [3.8, 4) is 0 Å². The Morgan fingerprint density at radius 1 is 1.31 bits per heavy atom. The van der Waals surface area contributed by atoms with Gasteiger partial charge < -0.3 is 10.7 Å². The van der Waals surface area contributed by atoms with Crippen molar-refractivity contribution in [2.24, 2.45) is 5.84 Å². The number of carbonyl (C=O) groups is 1. The first-order chi connectivity index (χ1) is 6.26. The fourth-order valence-corrected chi connectivity index (χ4v) is 0.880. The van der Waals surface area contributed by atoms with Crippen LogP contribution in [-0.2, 0) is 4.79 Å². The molecule has 0 fully saturated rings. The third-order valence-corrected chi connectivity index (χ3v) is 1.64. The van der Waals surface area contributed by atoms with Gasteiger partial charge in [0.2, 0.25) is 0 Å². The molecule has 4 nitrogen and oxygen atoms in total. The molecule has 0 unspecified atom stereocenters. The minimum absolute atomic E-state index is 0.302. The van der Waals surface area contributed by atoms with Gasteiger partial charge >= 0.3 is 0 Å². The number of benzene rings is 1. The molecule has 0 aromatic heterocycles. The summed E-state index contributed by atoms with van der Waals surface area (Å²) in [5.41, 5.74) is 3.94. The predicted molar refractivity (Wildman–Crippen MR) is 56.5 cm³/mol. The Hall–Kier alpha value is -1.46. The lowest BCUT2D eigenvalue weighted by atomic mass is 10.3. The minimum Gasteiger partial charge on any atom is -0.324 e. The smallest absolute Gasteiger partial charge is 0.259 e. The maximum atomic E-state index is 10.8. The van der Waals surface area contributed by atoms with Gasteiger partial charge in [0.1, 0.15) is 0 Å². The van der Waals surface area contributed by atoms with Gasteiger partial charge in [-0.15, -0.1) is 0 Å². The number of hydrazine groups is 1. The predicted octanol–water partition coefficient (Wildman–Crippen LogP) is 0.910. The summed E-state index contributed by atoms with van der Waals surface area (Å²) in [6.07, 6.45) is 0. The summed E-state index contributed by atoms with van der Waals surface area (Å²) in [7, 11) is 0. The second-order valence-corrected chi connectivity index (χ2v) is 2.56. The van der Waals surface area contributed by atoms with Crippen molar-refractivity contribution in [1.29, 1.82) is 0 Å². The van der Waals surface area contributed by atoms with E-state index in [1.807, 2.05) is 0 Å². The molecule has 0 aliphatic rings. The highest BCUT2D eigenvalue weighted by molar-refractivity contribution is 7.80. The van der Waals surface area contributed by atoms with Crippen LogP contribution in [0.2, 0.25) is 0 Å². The first-order valence-electron chi connectivity index (χ1n) is 3.59. The van der Waals surface area contributed by atoms with Crippen LogP contribution in [0.5, 0.6) is 0 Å². The molecule has 4 N–H and O–H groups in total. The van der Waals surface area contributed by atoms with E-state index >= 15 is 0 Å². The molecular weight excluding hydrogens is 186 g/mol. The molecule has 0 aliphatic carbocycles. The van der Waals surface area contributed by atoms with Crippen molar-refractivity contribution >= 4 is 34.9 Å². The van der Waals surface area contributed by atoms with Gasteiger partial charge in [0.05, 0.1) is 5.37 Å². The van der Waals surface area contributed by atoms with Crippen LogP contribution < -0.4 is 16.6 Å².